The fourth-order valence-electron chi connectivity index (χ4n) is 2.93. The zero-order valence-electron chi connectivity index (χ0n) is 18.9. The molecular weight excluding hydrogens is 526 g/mol. The minimum absolute atomic E-state index is 0.0530. The van der Waals surface area contributed by atoms with E-state index in [-0.39, 0.29) is 27.1 Å². The van der Waals surface area contributed by atoms with Gasteiger partial charge in [-0.15, -0.1) is 0 Å². The molecular formula is C21H18Cl2F3N7O3. The Bertz CT molecular complexity index is 1340. The molecule has 15 heteroatoms. The fourth-order valence-corrected chi connectivity index (χ4v) is 3.41. The number of nitrogens with zero attached hydrogens (tertiary/aromatic N) is 4. The molecule has 0 aliphatic heterocycles. The van der Waals surface area contributed by atoms with Crippen molar-refractivity contribution < 1.29 is 27.6 Å². The quantitative estimate of drug-likeness (QED) is 0.428. The highest BCUT2D eigenvalue weighted by atomic mass is 35.5. The van der Waals surface area contributed by atoms with E-state index in [1.807, 2.05) is 0 Å². The molecule has 1 aromatic carbocycles. The van der Waals surface area contributed by atoms with E-state index in [1.165, 1.54) is 51.5 Å². The maximum absolute atomic E-state index is 13.4. The highest BCUT2D eigenvalue weighted by Gasteiger charge is 2.37. The van der Waals surface area contributed by atoms with Crippen LogP contribution in [0.15, 0.2) is 36.5 Å². The average molecular weight is 544 g/mol. The van der Waals surface area contributed by atoms with Crippen LogP contribution in [-0.2, 0) is 6.18 Å². The third-order valence-electron chi connectivity index (χ3n) is 4.64. The van der Waals surface area contributed by atoms with Gasteiger partial charge in [-0.25, -0.2) is 19.9 Å². The summed E-state index contributed by atoms with van der Waals surface area (Å²) in [5.74, 6) is -2.10. The number of pyridine rings is 1. The summed E-state index contributed by atoms with van der Waals surface area (Å²) in [7, 11) is 2.89. The van der Waals surface area contributed by atoms with Crippen LogP contribution < -0.4 is 16.2 Å². The van der Waals surface area contributed by atoms with E-state index < -0.39 is 35.4 Å². The summed E-state index contributed by atoms with van der Waals surface area (Å²) in [5, 5.41) is 5.98. The van der Waals surface area contributed by atoms with Crippen LogP contribution >= 0.6 is 23.2 Å². The Morgan fingerprint density at radius 1 is 1.06 bits per heavy atom. The minimum Gasteiger partial charge on any atom is -0.330 e. The SMILES string of the molecule is Cc1cc(Cl)cc(C(=O)NNC(=O)N(C)C)c1NC(=O)c1cc(C(F)(F)F)nn1-c1ncccc1Cl. The number of hydrogen-bond acceptors (Lipinski definition) is 5. The highest BCUT2D eigenvalue weighted by Crippen LogP contribution is 2.31. The topological polar surface area (TPSA) is 121 Å². The van der Waals surface area contributed by atoms with Gasteiger partial charge in [-0.1, -0.05) is 23.2 Å². The summed E-state index contributed by atoms with van der Waals surface area (Å²) in [5.41, 5.74) is 2.52. The Balaban J connectivity index is 2.03. The van der Waals surface area contributed by atoms with Crippen molar-refractivity contribution in [2.24, 2.45) is 0 Å². The molecule has 3 N–H and O–H groups in total. The number of hydrazine groups is 1. The fraction of sp³-hybridized carbons (Fsp3) is 0.190. The lowest BCUT2D eigenvalue weighted by Gasteiger charge is -2.17. The lowest BCUT2D eigenvalue weighted by atomic mass is 10.1. The Morgan fingerprint density at radius 3 is 2.36 bits per heavy atom. The number of aryl methyl sites for hydroxylation is 1. The van der Waals surface area contributed by atoms with Crippen LogP contribution in [0.3, 0.4) is 0 Å². The number of alkyl halides is 3. The Kier molecular flexibility index (Phi) is 7.74. The van der Waals surface area contributed by atoms with Crippen molar-refractivity contribution in [1.82, 2.24) is 30.5 Å². The molecule has 4 amide bonds. The van der Waals surface area contributed by atoms with Crippen LogP contribution in [0.4, 0.5) is 23.7 Å². The number of carbonyl (C=O) groups excluding carboxylic acids is 3. The van der Waals surface area contributed by atoms with Crippen molar-refractivity contribution in [2.75, 3.05) is 19.4 Å². The lowest BCUT2D eigenvalue weighted by Crippen LogP contribution is -2.46. The molecule has 0 unspecified atom stereocenters. The number of carbonyl (C=O) groups is 3. The van der Waals surface area contributed by atoms with Gasteiger partial charge in [0.05, 0.1) is 16.3 Å². The normalized spacial score (nSPS) is 11.1. The van der Waals surface area contributed by atoms with Gasteiger partial charge in [0.25, 0.3) is 11.8 Å². The summed E-state index contributed by atoms with van der Waals surface area (Å²) < 4.78 is 40.9. The van der Waals surface area contributed by atoms with Gasteiger partial charge < -0.3 is 10.2 Å². The molecule has 2 aromatic heterocycles. The molecule has 0 aliphatic rings. The van der Waals surface area contributed by atoms with Crippen molar-refractivity contribution in [1.29, 1.82) is 0 Å². The molecule has 0 bridgehead atoms. The van der Waals surface area contributed by atoms with E-state index in [2.05, 4.69) is 26.3 Å². The zero-order chi connectivity index (χ0) is 26.8. The second kappa shape index (κ2) is 10.4. The molecule has 0 saturated carbocycles. The zero-order valence-corrected chi connectivity index (χ0v) is 20.4. The first-order chi connectivity index (χ1) is 16.8. The van der Waals surface area contributed by atoms with Gasteiger partial charge >= 0.3 is 12.2 Å². The molecule has 0 aliphatic carbocycles. The van der Waals surface area contributed by atoms with Gasteiger partial charge in [0.15, 0.2) is 11.5 Å². The number of amides is 4. The summed E-state index contributed by atoms with van der Waals surface area (Å²) in [6, 6.07) is 5.37. The summed E-state index contributed by atoms with van der Waals surface area (Å²) >= 11 is 12.1. The molecule has 3 aromatic rings. The second-order valence-corrected chi connectivity index (χ2v) is 8.35. The van der Waals surface area contributed by atoms with Gasteiger partial charge in [0.2, 0.25) is 0 Å². The van der Waals surface area contributed by atoms with Crippen molar-refractivity contribution in [2.45, 2.75) is 13.1 Å². The van der Waals surface area contributed by atoms with E-state index in [0.717, 1.165) is 4.90 Å². The van der Waals surface area contributed by atoms with E-state index in [1.54, 1.807) is 0 Å². The van der Waals surface area contributed by atoms with Crippen LogP contribution in [-0.4, -0.2) is 51.6 Å². The van der Waals surface area contributed by atoms with E-state index in [9.17, 15) is 27.6 Å². The van der Waals surface area contributed by atoms with E-state index >= 15 is 0 Å². The number of anilines is 1. The standard InChI is InChI=1S/C21H18Cl2F3N7O3/c1-10-7-11(22)8-12(18(34)29-30-20(36)32(2)3)16(10)28-19(35)14-9-15(21(24,25)26)31-33(14)17-13(23)5-4-6-27-17/h4-9H,1-3H3,(H,28,35)(H,29,34)(H,30,36). The second-order valence-electron chi connectivity index (χ2n) is 7.51. The summed E-state index contributed by atoms with van der Waals surface area (Å²) in [6.45, 7) is 1.52. The number of benzene rings is 1. The van der Waals surface area contributed by atoms with Crippen LogP contribution in [0.25, 0.3) is 5.82 Å². The monoisotopic (exact) mass is 543 g/mol. The van der Waals surface area contributed by atoms with Crippen molar-refractivity contribution >= 4 is 46.7 Å². The van der Waals surface area contributed by atoms with Crippen LogP contribution in [0.1, 0.15) is 32.1 Å². The van der Waals surface area contributed by atoms with Gasteiger partial charge in [-0.05, 0) is 36.8 Å². The van der Waals surface area contributed by atoms with Crippen LogP contribution in [0.5, 0.6) is 0 Å². The number of aromatic nitrogens is 3. The molecule has 2 heterocycles. The molecule has 0 spiro atoms. The van der Waals surface area contributed by atoms with Crippen molar-refractivity contribution in [3.63, 3.8) is 0 Å². The molecule has 0 saturated heterocycles. The number of hydrogen-bond donors (Lipinski definition) is 3. The number of rotatable bonds is 4. The van der Waals surface area contributed by atoms with Crippen LogP contribution in [0.2, 0.25) is 10.0 Å². The molecule has 3 rings (SSSR count). The Morgan fingerprint density at radius 2 is 1.75 bits per heavy atom. The van der Waals surface area contributed by atoms with Gasteiger partial charge in [0.1, 0.15) is 5.69 Å². The van der Waals surface area contributed by atoms with Crippen molar-refractivity contribution in [3.05, 3.63) is 69.1 Å². The van der Waals surface area contributed by atoms with Gasteiger partial charge in [-0.3, -0.25) is 15.0 Å². The van der Waals surface area contributed by atoms with Gasteiger partial charge in [0, 0.05) is 31.4 Å². The predicted molar refractivity (Wildman–Crippen MR) is 125 cm³/mol. The third kappa shape index (κ3) is 5.86. The molecule has 0 radical (unpaired) electrons. The van der Waals surface area contributed by atoms with Crippen LogP contribution in [0, 0.1) is 6.92 Å². The maximum atomic E-state index is 13.4. The predicted octanol–water partition coefficient (Wildman–Crippen LogP) is 4.07. The smallest absolute Gasteiger partial charge is 0.330 e. The number of nitrogens with one attached hydrogen (secondary N) is 3. The average Bonchev–Trinajstić information content (AvgIpc) is 3.25. The third-order valence-corrected chi connectivity index (χ3v) is 5.16. The summed E-state index contributed by atoms with van der Waals surface area (Å²) in [4.78, 5) is 42.7. The van der Waals surface area contributed by atoms with Crippen molar-refractivity contribution in [3.8, 4) is 5.82 Å². The lowest BCUT2D eigenvalue weighted by molar-refractivity contribution is -0.141. The highest BCUT2D eigenvalue weighted by molar-refractivity contribution is 6.32. The Labute approximate surface area is 212 Å². The molecule has 0 atom stereocenters. The first-order valence-corrected chi connectivity index (χ1v) is 10.7. The molecule has 10 nitrogen and oxygen atoms in total. The van der Waals surface area contributed by atoms with E-state index in [0.29, 0.717) is 16.3 Å². The summed E-state index contributed by atoms with van der Waals surface area (Å²) in [6.07, 6.45) is -3.60. The largest absolute Gasteiger partial charge is 0.435 e. The molecule has 190 valence electrons. The number of urea groups is 1. The van der Waals surface area contributed by atoms with E-state index in [4.69, 9.17) is 23.2 Å². The molecule has 36 heavy (non-hydrogen) atoms. The maximum Gasteiger partial charge on any atom is 0.435 e. The number of halogens is 5. The first-order valence-electron chi connectivity index (χ1n) is 9.97. The Hall–Kier alpha value is -3.84. The molecule has 0 fully saturated rings. The minimum atomic E-state index is -4.87. The van der Waals surface area contributed by atoms with Gasteiger partial charge in [-0.2, -0.15) is 18.3 Å². The first kappa shape index (κ1) is 26.8.